The van der Waals surface area contributed by atoms with Crippen LogP contribution in [0.15, 0.2) is 48.7 Å². The van der Waals surface area contributed by atoms with E-state index >= 15 is 0 Å². The van der Waals surface area contributed by atoms with Crippen LogP contribution >= 0.6 is 0 Å². The third-order valence-corrected chi connectivity index (χ3v) is 4.63. The summed E-state index contributed by atoms with van der Waals surface area (Å²) < 4.78 is 25.4. The molecular formula is C20H18FN3O3. The Bertz CT molecular complexity index is 986. The third-order valence-electron chi connectivity index (χ3n) is 4.63. The lowest BCUT2D eigenvalue weighted by molar-refractivity contribution is -0.116. The summed E-state index contributed by atoms with van der Waals surface area (Å²) in [5.41, 5.74) is 2.11. The van der Waals surface area contributed by atoms with E-state index in [-0.39, 0.29) is 30.7 Å². The summed E-state index contributed by atoms with van der Waals surface area (Å²) in [5, 5.41) is 9.60. The highest BCUT2D eigenvalue weighted by atomic mass is 19.1. The number of methoxy groups -OCH3 is 1. The van der Waals surface area contributed by atoms with E-state index in [2.05, 4.69) is 15.5 Å². The summed E-state index contributed by atoms with van der Waals surface area (Å²) in [7, 11) is 1.55. The van der Waals surface area contributed by atoms with Crippen molar-refractivity contribution in [2.24, 2.45) is 0 Å². The van der Waals surface area contributed by atoms with Gasteiger partial charge in [0.15, 0.2) is 11.5 Å². The molecule has 1 amide bonds. The quantitative estimate of drug-likeness (QED) is 0.722. The average molecular weight is 367 g/mol. The number of hydrogen-bond acceptors (Lipinski definition) is 4. The summed E-state index contributed by atoms with van der Waals surface area (Å²) in [6, 6.07) is 12.0. The molecule has 1 aliphatic heterocycles. The highest BCUT2D eigenvalue weighted by Crippen LogP contribution is 2.43. The fourth-order valence-electron chi connectivity index (χ4n) is 3.31. The summed E-state index contributed by atoms with van der Waals surface area (Å²) in [4.78, 5) is 12.1. The highest BCUT2D eigenvalue weighted by Gasteiger charge is 2.31. The molecule has 0 radical (unpaired) electrons. The number of anilines is 1. The molecule has 1 aromatic heterocycles. The van der Waals surface area contributed by atoms with E-state index in [0.29, 0.717) is 22.9 Å². The van der Waals surface area contributed by atoms with Gasteiger partial charge in [-0.1, -0.05) is 30.3 Å². The van der Waals surface area contributed by atoms with Gasteiger partial charge in [0.2, 0.25) is 5.91 Å². The molecule has 0 saturated carbocycles. The van der Waals surface area contributed by atoms with Gasteiger partial charge in [0, 0.05) is 29.0 Å². The fraction of sp³-hybridized carbons (Fsp3) is 0.200. The largest absolute Gasteiger partial charge is 0.493 e. The first kappa shape index (κ1) is 17.1. The van der Waals surface area contributed by atoms with Crippen LogP contribution in [-0.4, -0.2) is 23.2 Å². The van der Waals surface area contributed by atoms with Crippen molar-refractivity contribution < 1.29 is 18.7 Å². The van der Waals surface area contributed by atoms with Crippen molar-refractivity contribution in [3.8, 4) is 11.5 Å². The zero-order valence-electron chi connectivity index (χ0n) is 14.7. The van der Waals surface area contributed by atoms with E-state index in [1.807, 2.05) is 12.1 Å². The number of carbonyl (C=O) groups is 1. The molecule has 7 heteroatoms. The number of rotatable bonds is 5. The normalized spacial score (nSPS) is 15.8. The number of benzene rings is 2. The minimum absolute atomic E-state index is 0.0528. The Balaban J connectivity index is 1.72. The SMILES string of the molecule is COc1cccc([C@H]2CC(=O)Nc3[nH]ncc32)c1OCc1ccccc1F. The summed E-state index contributed by atoms with van der Waals surface area (Å²) >= 11 is 0. The molecule has 0 unspecified atom stereocenters. The van der Waals surface area contributed by atoms with Gasteiger partial charge in [0.05, 0.1) is 13.3 Å². The van der Waals surface area contributed by atoms with Crippen LogP contribution in [0.25, 0.3) is 0 Å². The molecule has 2 aromatic carbocycles. The van der Waals surface area contributed by atoms with E-state index in [1.165, 1.54) is 6.07 Å². The van der Waals surface area contributed by atoms with Crippen molar-refractivity contribution in [1.29, 1.82) is 0 Å². The van der Waals surface area contributed by atoms with Gasteiger partial charge in [-0.3, -0.25) is 9.89 Å². The number of H-pyrrole nitrogens is 1. The number of fused-ring (bicyclic) bond motifs is 1. The number of aromatic amines is 1. The lowest BCUT2D eigenvalue weighted by Gasteiger charge is -2.25. The van der Waals surface area contributed by atoms with Crippen LogP contribution in [0, 0.1) is 5.82 Å². The Labute approximate surface area is 155 Å². The summed E-state index contributed by atoms with van der Waals surface area (Å²) in [6.45, 7) is 0.0528. The maximum Gasteiger partial charge on any atom is 0.226 e. The molecule has 138 valence electrons. The number of para-hydroxylation sites is 1. The van der Waals surface area contributed by atoms with Gasteiger partial charge in [-0.15, -0.1) is 0 Å². The molecular weight excluding hydrogens is 349 g/mol. The monoisotopic (exact) mass is 367 g/mol. The highest BCUT2D eigenvalue weighted by molar-refractivity contribution is 5.94. The molecule has 0 saturated heterocycles. The number of aromatic nitrogens is 2. The molecule has 3 aromatic rings. The van der Waals surface area contributed by atoms with E-state index in [9.17, 15) is 9.18 Å². The maximum atomic E-state index is 14.0. The molecule has 27 heavy (non-hydrogen) atoms. The van der Waals surface area contributed by atoms with Crippen LogP contribution < -0.4 is 14.8 Å². The van der Waals surface area contributed by atoms with Crippen LogP contribution in [0.4, 0.5) is 10.2 Å². The number of hydrogen-bond donors (Lipinski definition) is 2. The number of nitrogens with one attached hydrogen (secondary N) is 2. The molecule has 0 bridgehead atoms. The van der Waals surface area contributed by atoms with Crippen molar-refractivity contribution >= 4 is 11.7 Å². The molecule has 1 aliphatic rings. The Hall–Kier alpha value is -3.35. The fourth-order valence-corrected chi connectivity index (χ4v) is 3.31. The maximum absolute atomic E-state index is 14.0. The molecule has 0 fully saturated rings. The third kappa shape index (κ3) is 3.23. The minimum Gasteiger partial charge on any atom is -0.493 e. The van der Waals surface area contributed by atoms with Crippen LogP contribution in [0.3, 0.4) is 0 Å². The van der Waals surface area contributed by atoms with Gasteiger partial charge in [-0.05, 0) is 12.1 Å². The van der Waals surface area contributed by atoms with Crippen molar-refractivity contribution in [2.75, 3.05) is 12.4 Å². The standard InChI is InChI=1S/C20H18FN3O3/c1-26-17-8-4-6-13(14-9-18(25)23-20-15(14)10-22-24-20)19(17)27-11-12-5-2-3-7-16(12)21/h2-8,10,14H,9,11H2,1H3,(H2,22,23,24,25)/t14-/m1/s1. The van der Waals surface area contributed by atoms with Crippen molar-refractivity contribution in [2.45, 2.75) is 18.9 Å². The van der Waals surface area contributed by atoms with Crippen LogP contribution in [0.1, 0.15) is 29.0 Å². The van der Waals surface area contributed by atoms with Crippen molar-refractivity contribution in [3.63, 3.8) is 0 Å². The second kappa shape index (κ2) is 7.11. The number of carbonyl (C=O) groups excluding carboxylic acids is 1. The first-order valence-corrected chi connectivity index (χ1v) is 8.53. The first-order valence-electron chi connectivity index (χ1n) is 8.53. The van der Waals surface area contributed by atoms with Gasteiger partial charge in [-0.2, -0.15) is 5.10 Å². The Morgan fingerprint density at radius 3 is 2.85 bits per heavy atom. The molecule has 0 spiro atoms. The summed E-state index contributed by atoms with van der Waals surface area (Å²) in [5.74, 6) is 0.926. The van der Waals surface area contributed by atoms with Crippen molar-refractivity contribution in [3.05, 3.63) is 71.2 Å². The van der Waals surface area contributed by atoms with Gasteiger partial charge in [0.1, 0.15) is 18.2 Å². The molecule has 4 rings (SSSR count). The predicted octanol–water partition coefficient (Wildman–Crippen LogP) is 3.61. The Kier molecular flexibility index (Phi) is 4.50. The lowest BCUT2D eigenvalue weighted by Crippen LogP contribution is -2.23. The number of halogens is 1. The van der Waals surface area contributed by atoms with E-state index in [4.69, 9.17) is 9.47 Å². The van der Waals surface area contributed by atoms with Crippen LogP contribution in [0.2, 0.25) is 0 Å². The summed E-state index contributed by atoms with van der Waals surface area (Å²) in [6.07, 6.45) is 1.95. The smallest absolute Gasteiger partial charge is 0.226 e. The second-order valence-corrected chi connectivity index (χ2v) is 6.26. The zero-order chi connectivity index (χ0) is 18.8. The van der Waals surface area contributed by atoms with Gasteiger partial charge in [0.25, 0.3) is 0 Å². The average Bonchev–Trinajstić information content (AvgIpc) is 3.15. The van der Waals surface area contributed by atoms with E-state index in [1.54, 1.807) is 37.6 Å². The Morgan fingerprint density at radius 2 is 2.04 bits per heavy atom. The molecule has 6 nitrogen and oxygen atoms in total. The van der Waals surface area contributed by atoms with Gasteiger partial charge < -0.3 is 14.8 Å². The molecule has 0 aliphatic carbocycles. The topological polar surface area (TPSA) is 76.2 Å². The van der Waals surface area contributed by atoms with Gasteiger partial charge >= 0.3 is 0 Å². The van der Waals surface area contributed by atoms with Crippen LogP contribution in [0.5, 0.6) is 11.5 Å². The number of amides is 1. The lowest BCUT2D eigenvalue weighted by atomic mass is 9.86. The molecule has 1 atom stereocenters. The van der Waals surface area contributed by atoms with E-state index < -0.39 is 0 Å². The molecule has 2 heterocycles. The molecule has 2 N–H and O–H groups in total. The van der Waals surface area contributed by atoms with Gasteiger partial charge in [-0.25, -0.2) is 4.39 Å². The van der Waals surface area contributed by atoms with Crippen LogP contribution in [-0.2, 0) is 11.4 Å². The number of ether oxygens (including phenoxy) is 2. The Morgan fingerprint density at radius 1 is 1.19 bits per heavy atom. The first-order chi connectivity index (χ1) is 13.2. The van der Waals surface area contributed by atoms with E-state index in [0.717, 1.165) is 11.1 Å². The number of nitrogens with zero attached hydrogens (tertiary/aromatic N) is 1. The minimum atomic E-state index is -0.330. The predicted molar refractivity (Wildman–Crippen MR) is 97.4 cm³/mol. The second-order valence-electron chi connectivity index (χ2n) is 6.26. The van der Waals surface area contributed by atoms with Crippen molar-refractivity contribution in [1.82, 2.24) is 10.2 Å². The zero-order valence-corrected chi connectivity index (χ0v) is 14.7.